The minimum Gasteiger partial charge on any atom is -0.494 e. The molecule has 0 aliphatic carbocycles. The number of nitrogens with one attached hydrogen (secondary N) is 3. The van der Waals surface area contributed by atoms with E-state index >= 15 is 0 Å². The van der Waals surface area contributed by atoms with Crippen molar-refractivity contribution in [2.24, 2.45) is 0 Å². The second-order valence-electron chi connectivity index (χ2n) is 6.54. The Morgan fingerprint density at radius 3 is 2.69 bits per heavy atom. The zero-order valence-corrected chi connectivity index (χ0v) is 15.5. The minimum atomic E-state index is -0.458. The Morgan fingerprint density at radius 1 is 1.35 bits per heavy atom. The molecule has 0 aromatic heterocycles. The summed E-state index contributed by atoms with van der Waals surface area (Å²) >= 11 is 0. The number of ether oxygens (including phenoxy) is 1. The molecule has 26 heavy (non-hydrogen) atoms. The predicted molar refractivity (Wildman–Crippen MR) is 98.8 cm³/mol. The van der Waals surface area contributed by atoms with Crippen LogP contribution in [0.15, 0.2) is 24.3 Å². The van der Waals surface area contributed by atoms with Gasteiger partial charge in [-0.1, -0.05) is 12.1 Å². The molecule has 0 saturated carbocycles. The summed E-state index contributed by atoms with van der Waals surface area (Å²) in [6.07, 6.45) is 0.901. The average molecular weight is 363 g/mol. The smallest absolute Gasteiger partial charge is 0.237 e. The first-order valence-electron chi connectivity index (χ1n) is 9.21. The Labute approximate surface area is 154 Å². The number of benzene rings is 1. The number of hydrogen-bond acceptors (Lipinski definition) is 5. The summed E-state index contributed by atoms with van der Waals surface area (Å²) in [5.74, 6) is 0.648. The molecule has 1 fully saturated rings. The normalized spacial score (nSPS) is 20.4. The van der Waals surface area contributed by atoms with E-state index in [2.05, 4.69) is 16.0 Å². The minimum absolute atomic E-state index is 0.0463. The maximum Gasteiger partial charge on any atom is 0.237 e. The third-order valence-corrected chi connectivity index (χ3v) is 4.37. The zero-order valence-electron chi connectivity index (χ0n) is 15.5. The number of aliphatic hydroxyl groups excluding tert-OH is 1. The first-order chi connectivity index (χ1) is 12.5. The Morgan fingerprint density at radius 2 is 2.08 bits per heavy atom. The van der Waals surface area contributed by atoms with Crippen LogP contribution >= 0.6 is 0 Å². The first kappa shape index (κ1) is 20.2. The van der Waals surface area contributed by atoms with Gasteiger partial charge in [0.2, 0.25) is 11.8 Å². The van der Waals surface area contributed by atoms with E-state index in [9.17, 15) is 14.7 Å². The number of rotatable bonds is 9. The third-order valence-electron chi connectivity index (χ3n) is 4.37. The van der Waals surface area contributed by atoms with Gasteiger partial charge in [0.25, 0.3) is 0 Å². The molecule has 3 atom stereocenters. The largest absolute Gasteiger partial charge is 0.494 e. The molecular formula is C19H29N3O4. The number of hydrogen-bond donors (Lipinski definition) is 4. The van der Waals surface area contributed by atoms with Crippen molar-refractivity contribution in [3.05, 3.63) is 29.8 Å². The number of carbonyl (C=O) groups is 2. The van der Waals surface area contributed by atoms with Crippen molar-refractivity contribution in [1.29, 1.82) is 0 Å². The van der Waals surface area contributed by atoms with Crippen LogP contribution < -0.4 is 20.7 Å². The van der Waals surface area contributed by atoms with Crippen LogP contribution in [0, 0.1) is 0 Å². The lowest BCUT2D eigenvalue weighted by Crippen LogP contribution is -2.41. The van der Waals surface area contributed by atoms with Gasteiger partial charge in [-0.05, 0) is 44.4 Å². The van der Waals surface area contributed by atoms with Gasteiger partial charge in [-0.15, -0.1) is 0 Å². The van der Waals surface area contributed by atoms with Gasteiger partial charge in [0.05, 0.1) is 24.8 Å². The third kappa shape index (κ3) is 6.31. The van der Waals surface area contributed by atoms with E-state index in [1.165, 1.54) is 0 Å². The van der Waals surface area contributed by atoms with E-state index in [0.717, 1.165) is 11.3 Å². The molecule has 1 aliphatic heterocycles. The van der Waals surface area contributed by atoms with E-state index < -0.39 is 6.10 Å². The van der Waals surface area contributed by atoms with Gasteiger partial charge >= 0.3 is 0 Å². The summed E-state index contributed by atoms with van der Waals surface area (Å²) in [6, 6.07) is 7.25. The molecule has 0 spiro atoms. The molecular weight excluding hydrogens is 334 g/mol. The van der Waals surface area contributed by atoms with Gasteiger partial charge < -0.3 is 25.8 Å². The zero-order chi connectivity index (χ0) is 18.9. The van der Waals surface area contributed by atoms with Gasteiger partial charge in [0.1, 0.15) is 5.75 Å². The molecule has 1 aliphatic rings. The molecule has 0 radical (unpaired) electrons. The van der Waals surface area contributed by atoms with Crippen LogP contribution in [0.2, 0.25) is 0 Å². The standard InChI is InChI=1S/C19H29N3O4/c1-3-26-16-8-6-14(7-9-16)13(2)22-18(24)5-4-10-20-19(25)17-11-15(23)12-21-17/h6-9,13,15,17,21,23H,3-5,10-12H2,1-2H3,(H,20,25)(H,22,24). The van der Waals surface area contributed by atoms with E-state index in [4.69, 9.17) is 4.74 Å². The van der Waals surface area contributed by atoms with Gasteiger partial charge in [-0.2, -0.15) is 0 Å². The van der Waals surface area contributed by atoms with Gasteiger partial charge in [0, 0.05) is 19.5 Å². The van der Waals surface area contributed by atoms with E-state index in [1.807, 2.05) is 38.1 Å². The van der Waals surface area contributed by atoms with Crippen molar-refractivity contribution in [3.63, 3.8) is 0 Å². The topological polar surface area (TPSA) is 99.7 Å². The SMILES string of the molecule is CCOc1ccc(C(C)NC(=O)CCCNC(=O)C2CC(O)CN2)cc1. The first-order valence-corrected chi connectivity index (χ1v) is 9.21. The van der Waals surface area contributed by atoms with Crippen molar-refractivity contribution >= 4 is 11.8 Å². The molecule has 3 unspecified atom stereocenters. The average Bonchev–Trinajstić information content (AvgIpc) is 3.06. The van der Waals surface area contributed by atoms with Crippen molar-refractivity contribution in [1.82, 2.24) is 16.0 Å². The highest BCUT2D eigenvalue weighted by atomic mass is 16.5. The van der Waals surface area contributed by atoms with Crippen LogP contribution in [0.5, 0.6) is 5.75 Å². The van der Waals surface area contributed by atoms with Crippen LogP contribution in [-0.2, 0) is 9.59 Å². The Balaban J connectivity index is 1.64. The molecule has 1 aromatic rings. The number of β-amino-alcohol motifs (C(OH)–C–C–N with tert-alkyl or cyclic N) is 1. The van der Waals surface area contributed by atoms with E-state index in [1.54, 1.807) is 0 Å². The van der Waals surface area contributed by atoms with E-state index in [0.29, 0.717) is 39.0 Å². The van der Waals surface area contributed by atoms with Crippen LogP contribution in [0.1, 0.15) is 44.7 Å². The molecule has 144 valence electrons. The summed E-state index contributed by atoms with van der Waals surface area (Å²) in [5.41, 5.74) is 1.01. The van der Waals surface area contributed by atoms with Gasteiger partial charge in [0.15, 0.2) is 0 Å². The molecule has 1 saturated heterocycles. The summed E-state index contributed by atoms with van der Waals surface area (Å²) in [7, 11) is 0. The molecule has 1 heterocycles. The summed E-state index contributed by atoms with van der Waals surface area (Å²) in [4.78, 5) is 23.9. The van der Waals surface area contributed by atoms with Crippen LogP contribution in [0.25, 0.3) is 0 Å². The number of amides is 2. The number of aliphatic hydroxyl groups is 1. The summed E-state index contributed by atoms with van der Waals surface area (Å²) in [5, 5.41) is 18.1. The van der Waals surface area contributed by atoms with Crippen molar-refractivity contribution in [2.75, 3.05) is 19.7 Å². The molecule has 1 aromatic carbocycles. The number of carbonyl (C=O) groups excluding carboxylic acids is 2. The molecule has 0 bridgehead atoms. The second-order valence-corrected chi connectivity index (χ2v) is 6.54. The maximum atomic E-state index is 12.0. The lowest BCUT2D eigenvalue weighted by molar-refractivity contribution is -0.124. The maximum absolute atomic E-state index is 12.0. The Hall–Kier alpha value is -2.12. The van der Waals surface area contributed by atoms with Crippen LogP contribution in [-0.4, -0.2) is 48.8 Å². The highest BCUT2D eigenvalue weighted by Crippen LogP contribution is 2.17. The second kappa shape index (κ2) is 10.1. The lowest BCUT2D eigenvalue weighted by Gasteiger charge is -2.15. The molecule has 4 N–H and O–H groups in total. The van der Waals surface area contributed by atoms with Crippen molar-refractivity contribution < 1.29 is 19.4 Å². The molecule has 7 nitrogen and oxygen atoms in total. The lowest BCUT2D eigenvalue weighted by atomic mass is 10.1. The monoisotopic (exact) mass is 363 g/mol. The fourth-order valence-electron chi connectivity index (χ4n) is 2.92. The Kier molecular flexibility index (Phi) is 7.87. The van der Waals surface area contributed by atoms with Gasteiger partial charge in [-0.25, -0.2) is 0 Å². The highest BCUT2D eigenvalue weighted by Gasteiger charge is 2.27. The van der Waals surface area contributed by atoms with Crippen molar-refractivity contribution in [3.8, 4) is 5.75 Å². The summed E-state index contributed by atoms with van der Waals surface area (Å²) in [6.45, 7) is 5.39. The highest BCUT2D eigenvalue weighted by molar-refractivity contribution is 5.82. The summed E-state index contributed by atoms with van der Waals surface area (Å²) < 4.78 is 5.41. The Bertz CT molecular complexity index is 591. The van der Waals surface area contributed by atoms with Gasteiger partial charge in [-0.3, -0.25) is 9.59 Å². The molecule has 7 heteroatoms. The van der Waals surface area contributed by atoms with Crippen molar-refractivity contribution in [2.45, 2.75) is 51.3 Å². The molecule has 2 rings (SSSR count). The fourth-order valence-corrected chi connectivity index (χ4v) is 2.92. The quantitative estimate of drug-likeness (QED) is 0.488. The van der Waals surface area contributed by atoms with Crippen LogP contribution in [0.3, 0.4) is 0 Å². The van der Waals surface area contributed by atoms with E-state index in [-0.39, 0.29) is 23.9 Å². The fraction of sp³-hybridized carbons (Fsp3) is 0.579. The predicted octanol–water partition coefficient (Wildman–Crippen LogP) is 0.882. The van der Waals surface area contributed by atoms with Crippen LogP contribution in [0.4, 0.5) is 0 Å². The molecule has 2 amide bonds.